The average Bonchev–Trinajstić information content (AvgIpc) is 2.75. The molecule has 1 aromatic rings. The van der Waals surface area contributed by atoms with E-state index in [1.165, 1.54) is 11.5 Å². The third kappa shape index (κ3) is 5.95. The van der Waals surface area contributed by atoms with Crippen molar-refractivity contribution < 1.29 is 4.79 Å². The van der Waals surface area contributed by atoms with E-state index in [4.69, 9.17) is 0 Å². The molecule has 0 bridgehead atoms. The summed E-state index contributed by atoms with van der Waals surface area (Å²) in [5.41, 5.74) is 0. The molecule has 0 unspecified atom stereocenters. The summed E-state index contributed by atoms with van der Waals surface area (Å²) in [6, 6.07) is 0. The predicted molar refractivity (Wildman–Crippen MR) is 74.9 cm³/mol. The molecule has 0 radical (unpaired) electrons. The number of aromatic nitrogens is 2. The fourth-order valence-corrected chi connectivity index (χ4v) is 1.98. The monoisotopic (exact) mass is 270 g/mol. The van der Waals surface area contributed by atoms with Gasteiger partial charge in [0.1, 0.15) is 5.82 Å². The minimum absolute atomic E-state index is 0.0782. The molecule has 2 N–H and O–H groups in total. The van der Waals surface area contributed by atoms with Gasteiger partial charge in [0.2, 0.25) is 11.0 Å². The van der Waals surface area contributed by atoms with Gasteiger partial charge in [0, 0.05) is 37.5 Å². The number of nitrogens with zero attached hydrogens (tertiary/aromatic N) is 2. The highest BCUT2D eigenvalue weighted by atomic mass is 32.1. The van der Waals surface area contributed by atoms with Crippen molar-refractivity contribution >= 4 is 22.6 Å². The third-order valence-electron chi connectivity index (χ3n) is 2.28. The molecular weight excluding hydrogens is 248 g/mol. The van der Waals surface area contributed by atoms with Crippen molar-refractivity contribution in [3.63, 3.8) is 0 Å². The number of aryl methyl sites for hydroxylation is 1. The molecule has 0 aliphatic carbocycles. The molecular formula is C12H22N4OS. The van der Waals surface area contributed by atoms with E-state index in [1.54, 1.807) is 0 Å². The number of hydrogen-bond acceptors (Lipinski definition) is 5. The number of carbonyl (C=O) groups is 1. The Labute approximate surface area is 113 Å². The molecule has 0 aromatic carbocycles. The molecule has 1 rings (SSSR count). The Morgan fingerprint density at radius 1 is 1.44 bits per heavy atom. The number of carbonyl (C=O) groups excluding carboxylic acids is 1. The van der Waals surface area contributed by atoms with Gasteiger partial charge < -0.3 is 10.6 Å². The van der Waals surface area contributed by atoms with Gasteiger partial charge in [-0.2, -0.15) is 4.37 Å². The SMILES string of the molecule is CCCc1nsc(NCCC(=O)NCC(C)C)n1. The van der Waals surface area contributed by atoms with Crippen molar-refractivity contribution in [1.82, 2.24) is 14.7 Å². The standard InChI is InChI=1S/C12H22N4OS/c1-4-5-10-15-12(18-16-10)13-7-6-11(17)14-8-9(2)3/h9H,4-8H2,1-3H3,(H,14,17)(H,13,15,16). The molecule has 0 aliphatic rings. The molecule has 5 nitrogen and oxygen atoms in total. The number of nitrogens with one attached hydrogen (secondary N) is 2. The Bertz CT molecular complexity index is 365. The van der Waals surface area contributed by atoms with Crippen LogP contribution in [-0.2, 0) is 11.2 Å². The van der Waals surface area contributed by atoms with E-state index in [9.17, 15) is 4.79 Å². The Hall–Kier alpha value is -1.17. The Balaban J connectivity index is 2.18. The first-order valence-corrected chi connectivity index (χ1v) is 7.22. The maximum atomic E-state index is 11.5. The van der Waals surface area contributed by atoms with E-state index in [0.29, 0.717) is 18.9 Å². The van der Waals surface area contributed by atoms with Gasteiger partial charge in [-0.25, -0.2) is 4.98 Å². The number of hydrogen-bond donors (Lipinski definition) is 2. The van der Waals surface area contributed by atoms with E-state index >= 15 is 0 Å². The maximum Gasteiger partial charge on any atom is 0.221 e. The summed E-state index contributed by atoms with van der Waals surface area (Å²) in [5.74, 6) is 1.45. The molecule has 0 fully saturated rings. The van der Waals surface area contributed by atoms with Gasteiger partial charge in [-0.05, 0) is 12.3 Å². The second-order valence-electron chi connectivity index (χ2n) is 4.64. The van der Waals surface area contributed by atoms with Crippen LogP contribution in [0.25, 0.3) is 0 Å². The van der Waals surface area contributed by atoms with Crippen molar-refractivity contribution in [2.75, 3.05) is 18.4 Å². The zero-order chi connectivity index (χ0) is 13.4. The van der Waals surface area contributed by atoms with Gasteiger partial charge in [0.15, 0.2) is 0 Å². The molecule has 1 amide bonds. The Morgan fingerprint density at radius 3 is 2.89 bits per heavy atom. The second kappa shape index (κ2) is 8.02. The minimum atomic E-state index is 0.0782. The first-order valence-electron chi connectivity index (χ1n) is 6.45. The van der Waals surface area contributed by atoms with Gasteiger partial charge in [0.05, 0.1) is 0 Å². The smallest absolute Gasteiger partial charge is 0.221 e. The molecule has 102 valence electrons. The largest absolute Gasteiger partial charge is 0.360 e. The lowest BCUT2D eigenvalue weighted by molar-refractivity contribution is -0.120. The first kappa shape index (κ1) is 14.9. The van der Waals surface area contributed by atoms with Gasteiger partial charge in [-0.1, -0.05) is 20.8 Å². The van der Waals surface area contributed by atoms with Crippen LogP contribution in [0.5, 0.6) is 0 Å². The van der Waals surface area contributed by atoms with Gasteiger partial charge in [-0.15, -0.1) is 0 Å². The van der Waals surface area contributed by atoms with Crippen LogP contribution in [0, 0.1) is 5.92 Å². The van der Waals surface area contributed by atoms with E-state index in [2.05, 4.69) is 40.8 Å². The van der Waals surface area contributed by atoms with Crippen LogP contribution >= 0.6 is 11.5 Å². The minimum Gasteiger partial charge on any atom is -0.360 e. The predicted octanol–water partition coefficient (Wildman–Crippen LogP) is 2.06. The molecule has 1 heterocycles. The highest BCUT2D eigenvalue weighted by Gasteiger charge is 2.05. The molecule has 1 aromatic heterocycles. The molecule has 0 aliphatic heterocycles. The zero-order valence-corrected chi connectivity index (χ0v) is 12.1. The molecule has 0 saturated heterocycles. The summed E-state index contributed by atoms with van der Waals surface area (Å²) in [6.07, 6.45) is 2.43. The van der Waals surface area contributed by atoms with Crippen molar-refractivity contribution in [1.29, 1.82) is 0 Å². The highest BCUT2D eigenvalue weighted by Crippen LogP contribution is 2.11. The van der Waals surface area contributed by atoms with Crippen LogP contribution in [-0.4, -0.2) is 28.4 Å². The summed E-state index contributed by atoms with van der Waals surface area (Å²) < 4.78 is 4.23. The quantitative estimate of drug-likeness (QED) is 0.759. The summed E-state index contributed by atoms with van der Waals surface area (Å²) in [4.78, 5) is 15.8. The second-order valence-corrected chi connectivity index (χ2v) is 5.39. The van der Waals surface area contributed by atoms with Crippen molar-refractivity contribution in [3.05, 3.63) is 5.82 Å². The highest BCUT2D eigenvalue weighted by molar-refractivity contribution is 7.09. The average molecular weight is 270 g/mol. The van der Waals surface area contributed by atoms with E-state index < -0.39 is 0 Å². The molecule has 6 heteroatoms. The Morgan fingerprint density at radius 2 is 2.22 bits per heavy atom. The Kier molecular flexibility index (Phi) is 6.64. The van der Waals surface area contributed by atoms with Crippen molar-refractivity contribution in [2.45, 2.75) is 40.0 Å². The lowest BCUT2D eigenvalue weighted by Gasteiger charge is -2.07. The van der Waals surface area contributed by atoms with E-state index in [0.717, 1.165) is 30.3 Å². The summed E-state index contributed by atoms with van der Waals surface area (Å²) in [5, 5.41) is 6.81. The molecule has 0 spiro atoms. The van der Waals surface area contributed by atoms with Gasteiger partial charge >= 0.3 is 0 Å². The fourth-order valence-electron chi connectivity index (χ4n) is 1.34. The molecule has 0 atom stereocenters. The van der Waals surface area contributed by atoms with Crippen LogP contribution in [0.2, 0.25) is 0 Å². The number of amides is 1. The van der Waals surface area contributed by atoms with Crippen molar-refractivity contribution in [2.24, 2.45) is 5.92 Å². The van der Waals surface area contributed by atoms with Crippen LogP contribution in [0.4, 0.5) is 5.13 Å². The van der Waals surface area contributed by atoms with Crippen LogP contribution < -0.4 is 10.6 Å². The lowest BCUT2D eigenvalue weighted by atomic mass is 10.2. The number of anilines is 1. The van der Waals surface area contributed by atoms with E-state index in [1.807, 2.05) is 0 Å². The van der Waals surface area contributed by atoms with Crippen LogP contribution in [0.15, 0.2) is 0 Å². The van der Waals surface area contributed by atoms with E-state index in [-0.39, 0.29) is 5.91 Å². The molecule has 18 heavy (non-hydrogen) atoms. The zero-order valence-electron chi connectivity index (χ0n) is 11.3. The van der Waals surface area contributed by atoms with Gasteiger partial charge in [-0.3, -0.25) is 4.79 Å². The van der Waals surface area contributed by atoms with Crippen LogP contribution in [0.1, 0.15) is 39.4 Å². The third-order valence-corrected chi connectivity index (χ3v) is 2.99. The molecule has 0 saturated carbocycles. The summed E-state index contributed by atoms with van der Waals surface area (Å²) >= 11 is 1.36. The topological polar surface area (TPSA) is 66.9 Å². The van der Waals surface area contributed by atoms with Crippen LogP contribution in [0.3, 0.4) is 0 Å². The van der Waals surface area contributed by atoms with Crippen molar-refractivity contribution in [3.8, 4) is 0 Å². The normalized spacial score (nSPS) is 10.7. The first-order chi connectivity index (χ1) is 8.61. The summed E-state index contributed by atoms with van der Waals surface area (Å²) in [6.45, 7) is 7.60. The fraction of sp³-hybridized carbons (Fsp3) is 0.750. The van der Waals surface area contributed by atoms with Gasteiger partial charge in [0.25, 0.3) is 0 Å². The summed E-state index contributed by atoms with van der Waals surface area (Å²) in [7, 11) is 0. The lowest BCUT2D eigenvalue weighted by Crippen LogP contribution is -2.28. The number of rotatable bonds is 8. The maximum absolute atomic E-state index is 11.5.